The van der Waals surface area contributed by atoms with Gasteiger partial charge >= 0.3 is 0 Å². The van der Waals surface area contributed by atoms with Crippen LogP contribution < -0.4 is 4.90 Å². The molecule has 1 aliphatic rings. The maximum absolute atomic E-state index is 10.0. The zero-order chi connectivity index (χ0) is 19.3. The predicted octanol–water partition coefficient (Wildman–Crippen LogP) is 3.60. The summed E-state index contributed by atoms with van der Waals surface area (Å²) in [5.74, 6) is 1.09. The maximum Gasteiger partial charge on any atom is 0.217 e. The van der Waals surface area contributed by atoms with Crippen LogP contribution in [0.25, 0.3) is 12.2 Å². The Labute approximate surface area is 169 Å². The number of H-pyrrole nitrogens is 1. The number of nitrogens with one attached hydrogen (secondary N) is 1. The SMILES string of the molecule is Oc1ccccc1N1CCN(Cn2[nH]c(/C=C/c3ccccc3)nc2=S)CC1. The van der Waals surface area contributed by atoms with Crippen LogP contribution in [0.3, 0.4) is 0 Å². The molecule has 0 amide bonds. The van der Waals surface area contributed by atoms with Gasteiger partial charge in [0, 0.05) is 26.2 Å². The third-order valence-electron chi connectivity index (χ3n) is 4.87. The fraction of sp³-hybridized carbons (Fsp3) is 0.238. The molecule has 0 unspecified atom stereocenters. The maximum atomic E-state index is 10.0. The van der Waals surface area contributed by atoms with E-state index >= 15 is 0 Å². The Kier molecular flexibility index (Phi) is 5.55. The molecule has 0 aliphatic carbocycles. The van der Waals surface area contributed by atoms with Gasteiger partial charge in [0.2, 0.25) is 4.77 Å². The smallest absolute Gasteiger partial charge is 0.217 e. The van der Waals surface area contributed by atoms with Crippen LogP contribution in [0.1, 0.15) is 11.4 Å². The van der Waals surface area contributed by atoms with Crippen molar-refractivity contribution in [2.24, 2.45) is 0 Å². The van der Waals surface area contributed by atoms with E-state index in [-0.39, 0.29) is 0 Å². The summed E-state index contributed by atoms with van der Waals surface area (Å²) in [6.45, 7) is 4.19. The lowest BCUT2D eigenvalue weighted by Gasteiger charge is -2.36. The van der Waals surface area contributed by atoms with Gasteiger partial charge in [-0.25, -0.2) is 4.68 Å². The van der Waals surface area contributed by atoms with Gasteiger partial charge in [0.15, 0.2) is 0 Å². The summed E-state index contributed by atoms with van der Waals surface area (Å²) in [6, 6.07) is 17.6. The number of rotatable bonds is 5. The van der Waals surface area contributed by atoms with Crippen LogP contribution in [-0.4, -0.2) is 50.9 Å². The highest BCUT2D eigenvalue weighted by Gasteiger charge is 2.19. The van der Waals surface area contributed by atoms with Crippen molar-refractivity contribution < 1.29 is 5.11 Å². The van der Waals surface area contributed by atoms with Gasteiger partial charge in [-0.2, -0.15) is 4.98 Å². The molecule has 1 aliphatic heterocycles. The van der Waals surface area contributed by atoms with Gasteiger partial charge in [-0.3, -0.25) is 10.00 Å². The Morgan fingerprint density at radius 2 is 1.68 bits per heavy atom. The fourth-order valence-corrected chi connectivity index (χ4v) is 3.55. The van der Waals surface area contributed by atoms with Crippen molar-refractivity contribution in [3.05, 3.63) is 70.8 Å². The summed E-state index contributed by atoms with van der Waals surface area (Å²) < 4.78 is 2.45. The third kappa shape index (κ3) is 4.32. The minimum atomic E-state index is 0.335. The predicted molar refractivity (Wildman–Crippen MR) is 115 cm³/mol. The number of piperazine rings is 1. The van der Waals surface area contributed by atoms with Gasteiger partial charge in [0.1, 0.15) is 11.6 Å². The summed E-state index contributed by atoms with van der Waals surface area (Å²) in [5, 5.41) is 13.3. The largest absolute Gasteiger partial charge is 0.506 e. The Balaban J connectivity index is 1.37. The van der Waals surface area contributed by atoms with Crippen molar-refractivity contribution in [2.45, 2.75) is 6.67 Å². The van der Waals surface area contributed by atoms with Gasteiger partial charge < -0.3 is 10.0 Å². The molecule has 1 saturated heterocycles. The van der Waals surface area contributed by atoms with Gasteiger partial charge in [-0.05, 0) is 36.0 Å². The molecule has 144 valence electrons. The van der Waals surface area contributed by atoms with Crippen molar-refractivity contribution >= 4 is 30.1 Å². The Morgan fingerprint density at radius 1 is 0.964 bits per heavy atom. The second kappa shape index (κ2) is 8.41. The van der Waals surface area contributed by atoms with Crippen molar-refractivity contribution in [2.75, 3.05) is 31.1 Å². The van der Waals surface area contributed by atoms with Crippen LogP contribution in [0, 0.1) is 4.77 Å². The Morgan fingerprint density at radius 3 is 2.43 bits per heavy atom. The summed E-state index contributed by atoms with van der Waals surface area (Å²) in [7, 11) is 0. The molecule has 2 aromatic carbocycles. The fourth-order valence-electron chi connectivity index (χ4n) is 3.35. The summed E-state index contributed by atoms with van der Waals surface area (Å²) in [4.78, 5) is 8.97. The highest BCUT2D eigenvalue weighted by Crippen LogP contribution is 2.27. The van der Waals surface area contributed by atoms with Gasteiger partial charge in [-0.15, -0.1) is 0 Å². The molecular weight excluding hydrogens is 370 g/mol. The molecule has 2 heterocycles. The zero-order valence-corrected chi connectivity index (χ0v) is 16.3. The first-order valence-electron chi connectivity index (χ1n) is 9.34. The molecule has 0 saturated carbocycles. The average molecular weight is 394 g/mol. The molecule has 0 atom stereocenters. The zero-order valence-electron chi connectivity index (χ0n) is 15.5. The number of para-hydroxylation sites is 2. The highest BCUT2D eigenvalue weighted by atomic mass is 32.1. The second-order valence-electron chi connectivity index (χ2n) is 6.80. The number of aromatic nitrogens is 3. The minimum absolute atomic E-state index is 0.335. The average Bonchev–Trinajstić information content (AvgIpc) is 3.08. The molecule has 0 radical (unpaired) electrons. The summed E-state index contributed by atoms with van der Waals surface area (Å²) in [5.41, 5.74) is 2.02. The number of anilines is 1. The molecule has 4 rings (SSSR count). The van der Waals surface area contributed by atoms with E-state index in [9.17, 15) is 5.11 Å². The lowest BCUT2D eigenvalue weighted by atomic mass is 10.2. The topological polar surface area (TPSA) is 60.3 Å². The van der Waals surface area contributed by atoms with Crippen molar-refractivity contribution in [3.8, 4) is 5.75 Å². The van der Waals surface area contributed by atoms with E-state index in [1.165, 1.54) is 0 Å². The van der Waals surface area contributed by atoms with Crippen LogP contribution >= 0.6 is 12.2 Å². The first-order valence-corrected chi connectivity index (χ1v) is 9.75. The summed E-state index contributed by atoms with van der Waals surface area (Å²) in [6.07, 6.45) is 3.96. The van der Waals surface area contributed by atoms with Gasteiger partial charge in [-0.1, -0.05) is 48.5 Å². The standard InChI is InChI=1S/C21H23N5OS/c27-19-9-5-4-8-18(19)25-14-12-24(13-15-25)16-26-21(28)22-20(23-26)11-10-17-6-2-1-3-7-17/h1-11,27H,12-16H2,(H,22,23,28)/b11-10+. The van der Waals surface area contributed by atoms with E-state index in [0.29, 0.717) is 17.2 Å². The number of nitrogens with zero attached hydrogens (tertiary/aromatic N) is 4. The summed E-state index contributed by atoms with van der Waals surface area (Å²) >= 11 is 5.41. The van der Waals surface area contributed by atoms with E-state index in [2.05, 4.69) is 19.9 Å². The molecule has 2 N–H and O–H groups in total. The molecule has 0 spiro atoms. The molecule has 0 bridgehead atoms. The number of phenolic OH excluding ortho intramolecular Hbond substituents is 1. The molecule has 3 aromatic rings. The first-order chi connectivity index (χ1) is 13.7. The van der Waals surface area contributed by atoms with Crippen molar-refractivity contribution in [1.29, 1.82) is 0 Å². The molecule has 1 aromatic heterocycles. The van der Waals surface area contributed by atoms with E-state index in [1.807, 2.05) is 65.4 Å². The molecule has 1 fully saturated rings. The van der Waals surface area contributed by atoms with Crippen LogP contribution in [-0.2, 0) is 6.67 Å². The first kappa shape index (κ1) is 18.5. The Bertz CT molecular complexity index is 1000. The van der Waals surface area contributed by atoms with E-state index in [1.54, 1.807) is 6.07 Å². The van der Waals surface area contributed by atoms with Crippen LogP contribution in [0.4, 0.5) is 5.69 Å². The Hall–Kier alpha value is -2.90. The second-order valence-corrected chi connectivity index (χ2v) is 7.16. The molecule has 7 heteroatoms. The van der Waals surface area contributed by atoms with Crippen LogP contribution in [0.2, 0.25) is 0 Å². The number of phenols is 1. The van der Waals surface area contributed by atoms with Crippen LogP contribution in [0.5, 0.6) is 5.75 Å². The van der Waals surface area contributed by atoms with E-state index in [0.717, 1.165) is 43.3 Å². The van der Waals surface area contributed by atoms with Crippen LogP contribution in [0.15, 0.2) is 54.6 Å². The lowest BCUT2D eigenvalue weighted by molar-refractivity contribution is 0.194. The van der Waals surface area contributed by atoms with E-state index in [4.69, 9.17) is 12.2 Å². The highest BCUT2D eigenvalue weighted by molar-refractivity contribution is 7.71. The molecule has 28 heavy (non-hydrogen) atoms. The number of hydrogen-bond acceptors (Lipinski definition) is 5. The number of aromatic hydroxyl groups is 1. The lowest BCUT2D eigenvalue weighted by Crippen LogP contribution is -2.47. The molecular formula is C21H23N5OS. The van der Waals surface area contributed by atoms with Crippen molar-refractivity contribution in [3.63, 3.8) is 0 Å². The van der Waals surface area contributed by atoms with Gasteiger partial charge in [0.05, 0.1) is 12.4 Å². The minimum Gasteiger partial charge on any atom is -0.506 e. The van der Waals surface area contributed by atoms with E-state index < -0.39 is 0 Å². The number of hydrogen-bond donors (Lipinski definition) is 2. The van der Waals surface area contributed by atoms with Gasteiger partial charge in [0.25, 0.3) is 0 Å². The number of aromatic amines is 1. The quantitative estimate of drug-likeness (QED) is 0.649. The van der Waals surface area contributed by atoms with Crippen molar-refractivity contribution in [1.82, 2.24) is 19.7 Å². The normalized spacial score (nSPS) is 15.4. The number of benzene rings is 2. The third-order valence-corrected chi connectivity index (χ3v) is 5.18. The monoisotopic (exact) mass is 393 g/mol. The molecule has 6 nitrogen and oxygen atoms in total.